The highest BCUT2D eigenvalue weighted by molar-refractivity contribution is 5.76. The summed E-state index contributed by atoms with van der Waals surface area (Å²) in [4.78, 5) is 23.1. The van der Waals surface area contributed by atoms with Crippen molar-refractivity contribution in [1.29, 1.82) is 0 Å². The zero-order valence-electron chi connectivity index (χ0n) is 20.4. The SMILES string of the molecule is Cc1ccc(C(C)(C)NC(=O)N2CC[C@@]3(CCn4nc(-c5cnc(N)c(C(F)(F)F)c5)cc43)C2)cn1. The van der Waals surface area contributed by atoms with Crippen molar-refractivity contribution in [2.75, 3.05) is 18.8 Å². The molecule has 2 amide bonds. The fourth-order valence-corrected chi connectivity index (χ4v) is 5.16. The number of aryl methyl sites for hydroxylation is 2. The van der Waals surface area contributed by atoms with Crippen LogP contribution in [0.1, 0.15) is 49.2 Å². The standard InChI is InChI=1S/C25H28F3N7O/c1-15-4-5-17(13-30-15)23(2,3)32-22(36)34-8-6-24(14-34)7-9-35-20(24)11-19(33-35)16-10-18(25(26,27)28)21(29)31-12-16/h4-5,10-13H,6-9,14H2,1-3H3,(H2,29,31)(H,32,36)/t24-/m1/s1. The third-order valence-corrected chi connectivity index (χ3v) is 7.34. The molecule has 0 aromatic carbocycles. The van der Waals surface area contributed by atoms with Crippen molar-refractivity contribution >= 4 is 11.8 Å². The van der Waals surface area contributed by atoms with E-state index in [1.165, 1.54) is 6.20 Å². The first kappa shape index (κ1) is 24.1. The van der Waals surface area contributed by atoms with Gasteiger partial charge in [0.1, 0.15) is 5.82 Å². The Morgan fingerprint density at radius 3 is 2.56 bits per heavy atom. The summed E-state index contributed by atoms with van der Waals surface area (Å²) in [7, 11) is 0. The van der Waals surface area contributed by atoms with Crippen LogP contribution in [0.15, 0.2) is 36.7 Å². The van der Waals surface area contributed by atoms with Gasteiger partial charge in [-0.1, -0.05) is 6.07 Å². The highest BCUT2D eigenvalue weighted by Crippen LogP contribution is 2.44. The van der Waals surface area contributed by atoms with Crippen molar-refractivity contribution in [3.63, 3.8) is 0 Å². The van der Waals surface area contributed by atoms with Crippen LogP contribution in [0.3, 0.4) is 0 Å². The van der Waals surface area contributed by atoms with Crippen LogP contribution in [-0.4, -0.2) is 43.8 Å². The van der Waals surface area contributed by atoms with Gasteiger partial charge in [-0.15, -0.1) is 0 Å². The molecule has 0 bridgehead atoms. The number of fused-ring (bicyclic) bond motifs is 2. The van der Waals surface area contributed by atoms with Crippen molar-refractivity contribution in [2.24, 2.45) is 0 Å². The molecule has 8 nitrogen and oxygen atoms in total. The van der Waals surface area contributed by atoms with E-state index in [4.69, 9.17) is 5.73 Å². The van der Waals surface area contributed by atoms with Crippen LogP contribution in [0.5, 0.6) is 0 Å². The number of nitrogens with two attached hydrogens (primary N) is 1. The van der Waals surface area contributed by atoms with Crippen molar-refractivity contribution in [1.82, 2.24) is 30.0 Å². The topological polar surface area (TPSA) is 102 Å². The number of aromatic nitrogens is 4. The third kappa shape index (κ3) is 4.16. The maximum Gasteiger partial charge on any atom is 0.419 e. The average molecular weight is 500 g/mol. The van der Waals surface area contributed by atoms with E-state index in [1.807, 2.05) is 43.7 Å². The number of carbonyl (C=O) groups is 1. The minimum Gasteiger partial charge on any atom is -0.383 e. The van der Waals surface area contributed by atoms with Gasteiger partial charge in [0.05, 0.1) is 16.8 Å². The Morgan fingerprint density at radius 1 is 1.11 bits per heavy atom. The second-order valence-corrected chi connectivity index (χ2v) is 10.2. The zero-order valence-corrected chi connectivity index (χ0v) is 20.4. The van der Waals surface area contributed by atoms with Gasteiger partial charge >= 0.3 is 12.2 Å². The lowest BCUT2D eigenvalue weighted by atomic mass is 9.82. The molecule has 1 fully saturated rings. The number of halogens is 3. The molecule has 1 atom stereocenters. The quantitative estimate of drug-likeness (QED) is 0.561. The Hall–Kier alpha value is -3.63. The minimum atomic E-state index is -4.60. The summed E-state index contributed by atoms with van der Waals surface area (Å²) in [5.41, 5.74) is 7.01. The van der Waals surface area contributed by atoms with E-state index in [1.54, 1.807) is 11.1 Å². The molecule has 2 aliphatic heterocycles. The Kier molecular flexibility index (Phi) is 5.49. The number of amides is 2. The van der Waals surface area contributed by atoms with Crippen LogP contribution in [0.4, 0.5) is 23.8 Å². The molecule has 2 aliphatic rings. The molecule has 3 N–H and O–H groups in total. The predicted molar refractivity (Wildman–Crippen MR) is 128 cm³/mol. The normalized spacial score (nSPS) is 19.7. The van der Waals surface area contributed by atoms with E-state index < -0.39 is 23.1 Å². The maximum absolute atomic E-state index is 13.3. The highest BCUT2D eigenvalue weighted by atomic mass is 19.4. The van der Waals surface area contributed by atoms with E-state index in [-0.39, 0.29) is 17.0 Å². The average Bonchev–Trinajstić information content (AvgIpc) is 3.50. The van der Waals surface area contributed by atoms with Gasteiger partial charge in [0.25, 0.3) is 0 Å². The maximum atomic E-state index is 13.3. The summed E-state index contributed by atoms with van der Waals surface area (Å²) in [5.74, 6) is -0.559. The number of anilines is 1. The third-order valence-electron chi connectivity index (χ3n) is 7.34. The summed E-state index contributed by atoms with van der Waals surface area (Å²) < 4.78 is 41.8. The lowest BCUT2D eigenvalue weighted by Gasteiger charge is -2.30. The number of hydrogen-bond acceptors (Lipinski definition) is 5. The fourth-order valence-electron chi connectivity index (χ4n) is 5.16. The number of likely N-dealkylation sites (tertiary alicyclic amines) is 1. The van der Waals surface area contributed by atoms with Crippen LogP contribution >= 0.6 is 0 Å². The first-order valence-corrected chi connectivity index (χ1v) is 11.8. The van der Waals surface area contributed by atoms with Crippen LogP contribution < -0.4 is 11.1 Å². The number of nitrogens with one attached hydrogen (secondary N) is 1. The first-order valence-electron chi connectivity index (χ1n) is 11.8. The molecular formula is C25H28F3N7O. The summed E-state index contributed by atoms with van der Waals surface area (Å²) in [6, 6.07) is 6.53. The van der Waals surface area contributed by atoms with Crippen molar-refractivity contribution in [3.8, 4) is 11.3 Å². The Bertz CT molecular complexity index is 1320. The Morgan fingerprint density at radius 2 is 1.86 bits per heavy atom. The molecule has 190 valence electrons. The number of nitrogen functional groups attached to an aromatic ring is 1. The van der Waals surface area contributed by atoms with Gasteiger partial charge in [-0.2, -0.15) is 18.3 Å². The van der Waals surface area contributed by atoms with E-state index in [2.05, 4.69) is 20.4 Å². The van der Waals surface area contributed by atoms with Gasteiger partial charge in [-0.05, 0) is 57.4 Å². The largest absolute Gasteiger partial charge is 0.419 e. The predicted octanol–water partition coefficient (Wildman–Crippen LogP) is 4.24. The van der Waals surface area contributed by atoms with Gasteiger partial charge < -0.3 is 16.0 Å². The number of carbonyl (C=O) groups excluding carboxylic acids is 1. The molecule has 3 aromatic heterocycles. The summed E-state index contributed by atoms with van der Waals surface area (Å²) >= 11 is 0. The van der Waals surface area contributed by atoms with Crippen molar-refractivity contribution < 1.29 is 18.0 Å². The number of nitrogens with zero attached hydrogens (tertiary/aromatic N) is 5. The molecule has 11 heteroatoms. The minimum absolute atomic E-state index is 0.159. The lowest BCUT2D eigenvalue weighted by Crippen LogP contribution is -2.48. The fraction of sp³-hybridized carbons (Fsp3) is 0.440. The van der Waals surface area contributed by atoms with Crippen LogP contribution in [-0.2, 0) is 23.7 Å². The highest BCUT2D eigenvalue weighted by Gasteiger charge is 2.47. The van der Waals surface area contributed by atoms with E-state index in [0.29, 0.717) is 25.3 Å². The smallest absolute Gasteiger partial charge is 0.383 e. The zero-order chi connectivity index (χ0) is 25.9. The molecule has 1 spiro atoms. The van der Waals surface area contributed by atoms with Crippen LogP contribution in [0, 0.1) is 6.92 Å². The molecule has 5 heterocycles. The number of urea groups is 1. The van der Waals surface area contributed by atoms with Crippen molar-refractivity contribution in [3.05, 3.63) is 59.2 Å². The Balaban J connectivity index is 1.35. The number of alkyl halides is 3. The molecule has 1 saturated heterocycles. The number of pyridine rings is 2. The summed E-state index contributed by atoms with van der Waals surface area (Å²) in [6.07, 6.45) is 0.0585. The van der Waals surface area contributed by atoms with Crippen molar-refractivity contribution in [2.45, 2.75) is 57.3 Å². The molecule has 0 radical (unpaired) electrons. The molecule has 0 aliphatic carbocycles. The summed E-state index contributed by atoms with van der Waals surface area (Å²) in [5, 5.41) is 7.67. The molecule has 0 unspecified atom stereocenters. The van der Waals surface area contributed by atoms with Gasteiger partial charge in [-0.3, -0.25) is 9.67 Å². The van der Waals surface area contributed by atoms with E-state index in [9.17, 15) is 18.0 Å². The Labute approximate surface area is 206 Å². The number of hydrogen-bond donors (Lipinski definition) is 2. The molecule has 36 heavy (non-hydrogen) atoms. The van der Waals surface area contributed by atoms with Gasteiger partial charge in [-0.25, -0.2) is 9.78 Å². The van der Waals surface area contributed by atoms with Crippen LogP contribution in [0.25, 0.3) is 11.3 Å². The molecule has 3 aromatic rings. The van der Waals surface area contributed by atoms with Gasteiger partial charge in [0, 0.05) is 54.4 Å². The molecular weight excluding hydrogens is 471 g/mol. The monoisotopic (exact) mass is 499 g/mol. The first-order chi connectivity index (χ1) is 16.9. The van der Waals surface area contributed by atoms with E-state index >= 15 is 0 Å². The van der Waals surface area contributed by atoms with Crippen LogP contribution in [0.2, 0.25) is 0 Å². The second kappa shape index (κ2) is 8.21. The molecule has 5 rings (SSSR count). The molecule has 0 saturated carbocycles. The van der Waals surface area contributed by atoms with E-state index in [0.717, 1.165) is 35.9 Å². The van der Waals surface area contributed by atoms with Gasteiger partial charge in [0.15, 0.2) is 0 Å². The lowest BCUT2D eigenvalue weighted by molar-refractivity contribution is -0.137. The second-order valence-electron chi connectivity index (χ2n) is 10.2. The summed E-state index contributed by atoms with van der Waals surface area (Å²) in [6.45, 7) is 7.53. The number of rotatable bonds is 3. The van der Waals surface area contributed by atoms with Gasteiger partial charge in [0.2, 0.25) is 0 Å².